The van der Waals surface area contributed by atoms with Crippen molar-refractivity contribution in [3.8, 4) is 39.5 Å². The zero-order chi connectivity index (χ0) is 29.4. The molecule has 0 amide bonds. The molecule has 0 heterocycles. The Morgan fingerprint density at radius 1 is 0.349 bits per heavy atom. The lowest BCUT2D eigenvalue weighted by molar-refractivity contribution is 0.438. The van der Waals surface area contributed by atoms with Crippen molar-refractivity contribution in [1.82, 2.24) is 0 Å². The lowest BCUT2D eigenvalue weighted by Crippen LogP contribution is -1.98. The van der Waals surface area contributed by atoms with Gasteiger partial charge in [-0.15, -0.1) is 0 Å². The third-order valence-electron chi connectivity index (χ3n) is 8.69. The molecule has 7 N–H and O–H groups in total. The maximum absolute atomic E-state index is 11.2. The Kier molecular flexibility index (Phi) is 5.21. The molecule has 0 saturated carbocycles. The fourth-order valence-electron chi connectivity index (χ4n) is 6.68. The highest BCUT2D eigenvalue weighted by Gasteiger charge is 2.26. The second-order valence-corrected chi connectivity index (χ2v) is 11.0. The van der Waals surface area contributed by atoms with Crippen molar-refractivity contribution in [3.63, 3.8) is 0 Å². The van der Waals surface area contributed by atoms with Crippen molar-refractivity contribution >= 4 is 65.2 Å². The first kappa shape index (κ1) is 24.8. The Labute approximate surface area is 246 Å². The van der Waals surface area contributed by atoms with E-state index in [2.05, 4.69) is 78.9 Å². The molecule has 206 valence electrons. The van der Waals surface area contributed by atoms with E-state index in [9.17, 15) is 15.3 Å². The summed E-state index contributed by atoms with van der Waals surface area (Å²) in [5.41, 5.74) is 14.3. The van der Waals surface area contributed by atoms with Gasteiger partial charge in [-0.2, -0.15) is 0 Å². The first-order valence-corrected chi connectivity index (χ1v) is 14.0. The summed E-state index contributed by atoms with van der Waals surface area (Å²) < 4.78 is 0. The molecule has 0 saturated heterocycles. The summed E-state index contributed by atoms with van der Waals surface area (Å²) in [7, 11) is 0. The molecule has 0 atom stereocenters. The molecule has 5 heteroatoms. The molecular formula is C38H26N2O3. The van der Waals surface area contributed by atoms with Crippen LogP contribution in [0.3, 0.4) is 0 Å². The summed E-state index contributed by atoms with van der Waals surface area (Å²) in [6, 6.07) is 39.6. The van der Waals surface area contributed by atoms with E-state index < -0.39 is 17.2 Å². The minimum Gasteiger partial charge on any atom is -0.505 e. The van der Waals surface area contributed by atoms with E-state index in [0.717, 1.165) is 43.4 Å². The number of phenols is 3. The number of nitrogens with two attached hydrogens (primary N) is 2. The highest BCUT2D eigenvalue weighted by molar-refractivity contribution is 6.26. The molecule has 8 rings (SSSR count). The van der Waals surface area contributed by atoms with E-state index in [0.29, 0.717) is 5.56 Å². The van der Waals surface area contributed by atoms with Gasteiger partial charge in [-0.25, -0.2) is 0 Å². The zero-order valence-electron chi connectivity index (χ0n) is 23.0. The average Bonchev–Trinajstić information content (AvgIpc) is 3.05. The minimum absolute atomic E-state index is 0.0857. The van der Waals surface area contributed by atoms with Crippen LogP contribution in [0.4, 0.5) is 11.4 Å². The van der Waals surface area contributed by atoms with Crippen molar-refractivity contribution in [2.45, 2.75) is 0 Å². The van der Waals surface area contributed by atoms with E-state index in [1.54, 1.807) is 0 Å². The fraction of sp³-hybridized carbons (Fsp3) is 0. The van der Waals surface area contributed by atoms with Gasteiger partial charge in [-0.1, -0.05) is 103 Å². The first-order valence-electron chi connectivity index (χ1n) is 14.0. The van der Waals surface area contributed by atoms with Crippen molar-refractivity contribution in [2.24, 2.45) is 0 Å². The van der Waals surface area contributed by atoms with Gasteiger partial charge in [0.1, 0.15) is 11.4 Å². The number of hydrogen-bond acceptors (Lipinski definition) is 5. The molecule has 8 aromatic carbocycles. The van der Waals surface area contributed by atoms with E-state index in [1.165, 1.54) is 21.5 Å². The molecule has 0 aliphatic rings. The zero-order valence-corrected chi connectivity index (χ0v) is 23.0. The van der Waals surface area contributed by atoms with E-state index >= 15 is 0 Å². The largest absolute Gasteiger partial charge is 0.505 e. The second-order valence-electron chi connectivity index (χ2n) is 11.0. The lowest BCUT2D eigenvalue weighted by Gasteiger charge is -2.21. The highest BCUT2D eigenvalue weighted by atomic mass is 16.3. The summed E-state index contributed by atoms with van der Waals surface area (Å²) in [5.74, 6) is -1.38. The molecule has 5 nitrogen and oxygen atoms in total. The molecule has 0 aliphatic carbocycles. The normalized spacial score (nSPS) is 11.7. The Morgan fingerprint density at radius 2 is 0.860 bits per heavy atom. The quantitative estimate of drug-likeness (QED) is 0.0478. The molecule has 0 spiro atoms. The number of anilines is 2. The van der Waals surface area contributed by atoms with Crippen LogP contribution < -0.4 is 11.5 Å². The number of aromatic hydroxyl groups is 3. The number of hydrogen-bond donors (Lipinski definition) is 5. The highest BCUT2D eigenvalue weighted by Crippen LogP contribution is 2.55. The molecule has 0 bridgehead atoms. The number of phenolic OH excluding ortho intramolecular Hbond substituents is 3. The number of rotatable bonds is 2. The minimum atomic E-state index is -0.542. The molecular weight excluding hydrogens is 532 g/mol. The maximum atomic E-state index is 11.2. The third kappa shape index (κ3) is 3.45. The van der Waals surface area contributed by atoms with Crippen molar-refractivity contribution in [2.75, 3.05) is 11.5 Å². The van der Waals surface area contributed by atoms with Gasteiger partial charge in [0.05, 0.1) is 5.56 Å². The van der Waals surface area contributed by atoms with Gasteiger partial charge in [0, 0.05) is 5.56 Å². The van der Waals surface area contributed by atoms with Crippen LogP contribution in [0.15, 0.2) is 115 Å². The molecule has 0 aliphatic heterocycles. The van der Waals surface area contributed by atoms with Crippen LogP contribution in [0.25, 0.3) is 76.1 Å². The number of benzene rings is 8. The lowest BCUT2D eigenvalue weighted by atomic mass is 9.83. The Hall–Kier alpha value is -5.94. The number of fused-ring (bicyclic) bond motifs is 6. The molecule has 0 radical (unpaired) electrons. The molecule has 8 aromatic rings. The number of nitrogen functional groups attached to an aromatic ring is 2. The maximum Gasteiger partial charge on any atom is 0.169 e. The van der Waals surface area contributed by atoms with E-state index in [4.69, 9.17) is 11.5 Å². The SMILES string of the molecule is Nc1c(O)c(N)c(O)c(-c2c3ccccc3c(-c3cccc4c3ccc3cc5ccccc5cc34)c3ccccc23)c1O. The van der Waals surface area contributed by atoms with Crippen LogP contribution in [0, 0.1) is 0 Å². The molecule has 0 fully saturated rings. The van der Waals surface area contributed by atoms with Gasteiger partial charge in [0.25, 0.3) is 0 Å². The van der Waals surface area contributed by atoms with Gasteiger partial charge in [0.2, 0.25) is 0 Å². The van der Waals surface area contributed by atoms with Gasteiger partial charge >= 0.3 is 0 Å². The molecule has 0 unspecified atom stereocenters. The first-order chi connectivity index (χ1) is 20.9. The summed E-state index contributed by atoms with van der Waals surface area (Å²) >= 11 is 0. The molecule has 0 aromatic heterocycles. The van der Waals surface area contributed by atoms with Crippen LogP contribution >= 0.6 is 0 Å². The van der Waals surface area contributed by atoms with Crippen molar-refractivity contribution < 1.29 is 15.3 Å². The van der Waals surface area contributed by atoms with Gasteiger partial charge < -0.3 is 26.8 Å². The summed E-state index contributed by atoms with van der Waals surface area (Å²) in [6.07, 6.45) is 0. The van der Waals surface area contributed by atoms with Crippen LogP contribution in [0.2, 0.25) is 0 Å². The molecule has 43 heavy (non-hydrogen) atoms. The fourth-order valence-corrected chi connectivity index (χ4v) is 6.68. The summed E-state index contributed by atoms with van der Waals surface area (Å²) in [4.78, 5) is 0. The Bertz CT molecular complexity index is 2380. The van der Waals surface area contributed by atoms with Crippen LogP contribution in [0.1, 0.15) is 0 Å². The predicted octanol–water partition coefficient (Wildman–Crippen LogP) is 9.07. The van der Waals surface area contributed by atoms with Gasteiger partial charge in [0.15, 0.2) is 17.2 Å². The standard InChI is InChI=1S/C38H26N2O3/c39-34-36(41)33(37(42)35(40)38(34)43)32-28-12-5-3-10-26(28)31(27-11-4-6-13-29(27)32)25-15-7-14-23-24(25)17-16-22-18-20-8-1-2-9-21(20)19-30(22)23/h1-19,41-43H,39-40H2. The van der Waals surface area contributed by atoms with E-state index in [1.807, 2.05) is 36.4 Å². The van der Waals surface area contributed by atoms with Gasteiger partial charge in [-0.05, 0) is 77.1 Å². The third-order valence-corrected chi connectivity index (χ3v) is 8.69. The van der Waals surface area contributed by atoms with Gasteiger partial charge in [-0.3, -0.25) is 0 Å². The van der Waals surface area contributed by atoms with Crippen LogP contribution in [0.5, 0.6) is 17.2 Å². The van der Waals surface area contributed by atoms with Crippen molar-refractivity contribution in [1.29, 1.82) is 0 Å². The monoisotopic (exact) mass is 558 g/mol. The second kappa shape index (κ2) is 9.03. The smallest absolute Gasteiger partial charge is 0.169 e. The van der Waals surface area contributed by atoms with Crippen molar-refractivity contribution in [3.05, 3.63) is 115 Å². The average molecular weight is 559 g/mol. The Morgan fingerprint density at radius 3 is 1.47 bits per heavy atom. The van der Waals surface area contributed by atoms with Crippen LogP contribution in [-0.4, -0.2) is 15.3 Å². The Balaban J connectivity index is 1.53. The topological polar surface area (TPSA) is 113 Å². The van der Waals surface area contributed by atoms with Crippen LogP contribution in [-0.2, 0) is 0 Å². The predicted molar refractivity (Wildman–Crippen MR) is 179 cm³/mol. The van der Waals surface area contributed by atoms with E-state index in [-0.39, 0.29) is 16.9 Å². The summed E-state index contributed by atoms with van der Waals surface area (Å²) in [5, 5.41) is 43.2. The summed E-state index contributed by atoms with van der Waals surface area (Å²) in [6.45, 7) is 0.